The molecule has 0 atom stereocenters. The summed E-state index contributed by atoms with van der Waals surface area (Å²) in [7, 11) is 0. The van der Waals surface area contributed by atoms with Gasteiger partial charge in [0.05, 0.1) is 0 Å². The second-order valence-electron chi connectivity index (χ2n) is 10.0. The van der Waals surface area contributed by atoms with Gasteiger partial charge in [-0.2, -0.15) is 0 Å². The highest BCUT2D eigenvalue weighted by Gasteiger charge is 2.42. The molecule has 22 heavy (non-hydrogen) atoms. The summed E-state index contributed by atoms with van der Waals surface area (Å²) >= 11 is 0. The summed E-state index contributed by atoms with van der Waals surface area (Å²) in [5.41, 5.74) is 0.496. The standard InChI is InChI=1S/C20H44N2/c1-15(2)21(16(3)4)19(10,11)14-20(12,13)22(17(5)6)18(7,8)9/h15-17H,14H2,1-13H3. The van der Waals surface area contributed by atoms with Crippen LogP contribution in [0.3, 0.4) is 0 Å². The molecular weight excluding hydrogens is 268 g/mol. The van der Waals surface area contributed by atoms with Crippen molar-refractivity contribution < 1.29 is 0 Å². The van der Waals surface area contributed by atoms with Crippen LogP contribution < -0.4 is 0 Å². The summed E-state index contributed by atoms with van der Waals surface area (Å²) in [5.74, 6) is 0. The molecule has 0 unspecified atom stereocenters. The van der Waals surface area contributed by atoms with Crippen LogP contribution in [0.4, 0.5) is 0 Å². The molecule has 0 amide bonds. The van der Waals surface area contributed by atoms with Crippen molar-refractivity contribution in [2.45, 2.75) is 131 Å². The monoisotopic (exact) mass is 312 g/mol. The molecule has 134 valence electrons. The molecule has 0 aromatic rings. The van der Waals surface area contributed by atoms with Gasteiger partial charge in [-0.1, -0.05) is 0 Å². The SMILES string of the molecule is CC(C)N(C(C)C)C(C)(C)CC(C)(C)N(C(C)C)C(C)(C)C. The maximum Gasteiger partial charge on any atom is 0.0178 e. The van der Waals surface area contributed by atoms with E-state index < -0.39 is 0 Å². The molecule has 0 aliphatic rings. The molecule has 2 heteroatoms. The third-order valence-electron chi connectivity index (χ3n) is 4.57. The van der Waals surface area contributed by atoms with E-state index in [4.69, 9.17) is 0 Å². The highest BCUT2D eigenvalue weighted by molar-refractivity contribution is 4.99. The minimum atomic E-state index is 0.151. The lowest BCUT2D eigenvalue weighted by molar-refractivity contribution is -0.0506. The van der Waals surface area contributed by atoms with Crippen molar-refractivity contribution in [1.29, 1.82) is 0 Å². The number of nitrogens with zero attached hydrogens (tertiary/aromatic N) is 2. The van der Waals surface area contributed by atoms with Crippen LogP contribution in [0.1, 0.15) is 96.4 Å². The van der Waals surface area contributed by atoms with Crippen molar-refractivity contribution in [2.75, 3.05) is 0 Å². The fourth-order valence-corrected chi connectivity index (χ4v) is 5.61. The van der Waals surface area contributed by atoms with Crippen LogP contribution in [0.2, 0.25) is 0 Å². The van der Waals surface area contributed by atoms with Crippen LogP contribution in [-0.4, -0.2) is 44.5 Å². The number of rotatable bonds is 7. The molecule has 0 spiro atoms. The normalized spacial score (nSPS) is 15.0. The topological polar surface area (TPSA) is 6.48 Å². The minimum absolute atomic E-state index is 0.151. The van der Waals surface area contributed by atoms with E-state index in [0.29, 0.717) is 18.1 Å². The first kappa shape index (κ1) is 21.9. The van der Waals surface area contributed by atoms with Crippen LogP contribution >= 0.6 is 0 Å². The van der Waals surface area contributed by atoms with Crippen molar-refractivity contribution in [1.82, 2.24) is 9.80 Å². The summed E-state index contributed by atoms with van der Waals surface area (Å²) in [6, 6.07) is 1.67. The summed E-state index contributed by atoms with van der Waals surface area (Å²) in [5, 5.41) is 0. The first-order chi connectivity index (χ1) is 9.54. The Morgan fingerprint density at radius 3 is 1.18 bits per heavy atom. The quantitative estimate of drug-likeness (QED) is 0.607. The molecule has 0 rings (SSSR count). The van der Waals surface area contributed by atoms with Gasteiger partial charge in [0.2, 0.25) is 0 Å². The number of hydrogen-bond acceptors (Lipinski definition) is 2. The van der Waals surface area contributed by atoms with E-state index in [9.17, 15) is 0 Å². The van der Waals surface area contributed by atoms with E-state index in [2.05, 4.69) is 99.8 Å². The van der Waals surface area contributed by atoms with Crippen molar-refractivity contribution >= 4 is 0 Å². The maximum atomic E-state index is 2.68. The lowest BCUT2D eigenvalue weighted by Crippen LogP contribution is -2.62. The van der Waals surface area contributed by atoms with Gasteiger partial charge in [0, 0.05) is 34.7 Å². The van der Waals surface area contributed by atoms with Crippen LogP contribution in [0.15, 0.2) is 0 Å². The average Bonchev–Trinajstić information content (AvgIpc) is 2.06. The van der Waals surface area contributed by atoms with Crippen LogP contribution in [0.5, 0.6) is 0 Å². The van der Waals surface area contributed by atoms with Gasteiger partial charge in [0.25, 0.3) is 0 Å². The molecular formula is C20H44N2. The Labute approximate surface area is 141 Å². The smallest absolute Gasteiger partial charge is 0.0178 e. The Hall–Kier alpha value is -0.0800. The van der Waals surface area contributed by atoms with E-state index in [1.165, 1.54) is 0 Å². The predicted molar refractivity (Wildman–Crippen MR) is 102 cm³/mol. The molecule has 0 N–H and O–H groups in total. The second kappa shape index (κ2) is 7.21. The zero-order valence-corrected chi connectivity index (χ0v) is 17.8. The van der Waals surface area contributed by atoms with Gasteiger partial charge < -0.3 is 0 Å². The lowest BCUT2D eigenvalue weighted by atomic mass is 9.80. The van der Waals surface area contributed by atoms with Crippen LogP contribution in [0, 0.1) is 0 Å². The van der Waals surface area contributed by atoms with Gasteiger partial charge in [-0.05, 0) is 96.4 Å². The molecule has 0 aromatic carbocycles. The molecule has 2 nitrogen and oxygen atoms in total. The molecule has 0 radical (unpaired) electrons. The van der Waals surface area contributed by atoms with Crippen molar-refractivity contribution in [3.8, 4) is 0 Å². The Morgan fingerprint density at radius 1 is 0.591 bits per heavy atom. The van der Waals surface area contributed by atoms with Crippen LogP contribution in [-0.2, 0) is 0 Å². The fourth-order valence-electron chi connectivity index (χ4n) is 5.61. The van der Waals surface area contributed by atoms with Gasteiger partial charge in [0.1, 0.15) is 0 Å². The molecule has 0 aliphatic carbocycles. The largest absolute Gasteiger partial charge is 0.293 e. The fraction of sp³-hybridized carbons (Fsp3) is 1.00. The van der Waals surface area contributed by atoms with E-state index in [-0.39, 0.29) is 16.6 Å². The summed E-state index contributed by atoms with van der Waals surface area (Å²) in [4.78, 5) is 5.34. The number of hydrogen-bond donors (Lipinski definition) is 0. The average molecular weight is 313 g/mol. The first-order valence-corrected chi connectivity index (χ1v) is 9.12. The van der Waals surface area contributed by atoms with Gasteiger partial charge >= 0.3 is 0 Å². The van der Waals surface area contributed by atoms with Crippen LogP contribution in [0.25, 0.3) is 0 Å². The van der Waals surface area contributed by atoms with Crippen molar-refractivity contribution in [2.24, 2.45) is 0 Å². The van der Waals surface area contributed by atoms with E-state index >= 15 is 0 Å². The first-order valence-electron chi connectivity index (χ1n) is 9.12. The van der Waals surface area contributed by atoms with E-state index in [0.717, 1.165) is 6.42 Å². The minimum Gasteiger partial charge on any atom is -0.293 e. The molecule has 0 saturated carbocycles. The Kier molecular flexibility index (Phi) is 7.19. The molecule has 0 heterocycles. The zero-order chi connectivity index (χ0) is 18.1. The van der Waals surface area contributed by atoms with Crippen molar-refractivity contribution in [3.05, 3.63) is 0 Å². The highest BCUT2D eigenvalue weighted by Crippen LogP contribution is 2.37. The van der Waals surface area contributed by atoms with Gasteiger partial charge in [0.15, 0.2) is 0 Å². The lowest BCUT2D eigenvalue weighted by Gasteiger charge is -2.55. The molecule has 0 aromatic heterocycles. The Morgan fingerprint density at radius 2 is 0.955 bits per heavy atom. The molecule has 0 aliphatic heterocycles. The molecule has 0 bridgehead atoms. The molecule has 0 saturated heterocycles. The Bertz CT molecular complexity index is 324. The van der Waals surface area contributed by atoms with Gasteiger partial charge in [-0.3, -0.25) is 9.80 Å². The van der Waals surface area contributed by atoms with Gasteiger partial charge in [-0.25, -0.2) is 0 Å². The van der Waals surface area contributed by atoms with E-state index in [1.54, 1.807) is 0 Å². The predicted octanol–water partition coefficient (Wildman–Crippen LogP) is 5.56. The summed E-state index contributed by atoms with van der Waals surface area (Å²) < 4.78 is 0. The third kappa shape index (κ3) is 5.53. The van der Waals surface area contributed by atoms with Gasteiger partial charge in [-0.15, -0.1) is 0 Å². The summed E-state index contributed by atoms with van der Waals surface area (Å²) in [6.45, 7) is 30.6. The zero-order valence-electron chi connectivity index (χ0n) is 17.8. The van der Waals surface area contributed by atoms with Crippen molar-refractivity contribution in [3.63, 3.8) is 0 Å². The second-order valence-corrected chi connectivity index (χ2v) is 10.0. The molecule has 0 fully saturated rings. The Balaban J connectivity index is 5.55. The maximum absolute atomic E-state index is 2.68. The third-order valence-corrected chi connectivity index (χ3v) is 4.57. The van der Waals surface area contributed by atoms with E-state index in [1.807, 2.05) is 0 Å². The highest BCUT2D eigenvalue weighted by atomic mass is 15.3. The summed E-state index contributed by atoms with van der Waals surface area (Å²) in [6.07, 6.45) is 1.16.